The van der Waals surface area contributed by atoms with E-state index in [0.717, 1.165) is 72.6 Å². The number of hydrogen-bond acceptors (Lipinski definition) is 4. The summed E-state index contributed by atoms with van der Waals surface area (Å²) in [7, 11) is 0. The van der Waals surface area contributed by atoms with E-state index < -0.39 is 0 Å². The van der Waals surface area contributed by atoms with Gasteiger partial charge in [-0.25, -0.2) is 4.98 Å². The Bertz CT molecular complexity index is 3210. The molecule has 0 spiro atoms. The molecule has 10 rings (SSSR count). The summed E-state index contributed by atoms with van der Waals surface area (Å²) in [6.07, 6.45) is 1.92. The maximum absolute atomic E-state index is 6.94. The summed E-state index contributed by atoms with van der Waals surface area (Å²) in [6.45, 7) is 22.6. The zero-order valence-corrected chi connectivity index (χ0v) is 41.5. The number of para-hydroxylation sites is 3. The van der Waals surface area contributed by atoms with Crippen LogP contribution < -0.4 is 14.5 Å². The summed E-state index contributed by atoms with van der Waals surface area (Å²) >= 11 is 0. The van der Waals surface area contributed by atoms with Gasteiger partial charge >= 0.3 is 0 Å². The third-order valence-corrected chi connectivity index (χ3v) is 12.6. The molecule has 0 saturated heterocycles. The predicted molar refractivity (Wildman–Crippen MR) is 271 cm³/mol. The fourth-order valence-electron chi connectivity index (χ4n) is 8.89. The van der Waals surface area contributed by atoms with E-state index >= 15 is 0 Å². The Labute approximate surface area is 405 Å². The predicted octanol–water partition coefficient (Wildman–Crippen LogP) is 16.2. The molecule has 334 valence electrons. The van der Waals surface area contributed by atoms with Crippen LogP contribution in [0, 0.1) is 18.8 Å². The number of aromatic nitrogens is 2. The minimum atomic E-state index is -0.0610. The van der Waals surface area contributed by atoms with Crippen molar-refractivity contribution >= 4 is 44.6 Å². The molecule has 9 aromatic rings. The average Bonchev–Trinajstić information content (AvgIpc) is 3.85. The topological polar surface area (TPSA) is 33.5 Å². The molecule has 2 aromatic heterocycles. The normalized spacial score (nSPS) is 13.0. The molecule has 1 aliphatic heterocycles. The molecule has 0 radical (unpaired) electrons. The molecule has 0 unspecified atom stereocenters. The fourth-order valence-corrected chi connectivity index (χ4v) is 8.89. The van der Waals surface area contributed by atoms with Gasteiger partial charge in [0.05, 0.1) is 0 Å². The molecule has 7 aromatic carbocycles. The van der Waals surface area contributed by atoms with Gasteiger partial charge in [0, 0.05) is 61.3 Å². The van der Waals surface area contributed by atoms with Crippen molar-refractivity contribution in [3.63, 3.8) is 0 Å². The average molecular weight is 1040 g/mol. The standard InChI is InChI=1S/C60H55N4O.Pt/c1-58(2,3)43-29-30-61-56(35-43)64-52-26-14-13-25-50(52)57-51(42-22-17-21-41(31-42)40-19-11-10-12-20-40)37-49(38-55(57)64)65-48-24-18-23-46(36-48)62-39-63(54-28-16-15-27-53(54)62)47-33-44(59(4,5)6)32-45(34-47)60(7,8)9;/h10-35,37,39H,1-9H3;/q-3;. The van der Waals surface area contributed by atoms with Crippen LogP contribution in [0.5, 0.6) is 11.5 Å². The number of anilines is 4. The van der Waals surface area contributed by atoms with Crippen molar-refractivity contribution in [2.45, 2.75) is 78.6 Å². The minimum absolute atomic E-state index is 0. The van der Waals surface area contributed by atoms with Gasteiger partial charge in [0.25, 0.3) is 0 Å². The number of benzene rings is 7. The summed E-state index contributed by atoms with van der Waals surface area (Å²) in [5.41, 5.74) is 14.3. The van der Waals surface area contributed by atoms with Crippen molar-refractivity contribution in [3.05, 3.63) is 199 Å². The molecule has 0 atom stereocenters. The number of rotatable bonds is 7. The smallest absolute Gasteiger partial charge is 0.135 e. The monoisotopic (exact) mass is 1040 g/mol. The zero-order chi connectivity index (χ0) is 45.3. The molecule has 0 saturated carbocycles. The summed E-state index contributed by atoms with van der Waals surface area (Å²) in [5, 5.41) is 2.21. The Hall–Kier alpha value is -6.42. The van der Waals surface area contributed by atoms with E-state index in [9.17, 15) is 0 Å². The number of pyridine rings is 1. The van der Waals surface area contributed by atoms with Gasteiger partial charge in [-0.2, -0.15) is 6.07 Å². The van der Waals surface area contributed by atoms with Crippen molar-refractivity contribution in [3.8, 4) is 39.6 Å². The van der Waals surface area contributed by atoms with Crippen molar-refractivity contribution in [1.82, 2.24) is 9.55 Å². The van der Waals surface area contributed by atoms with Gasteiger partial charge in [-0.05, 0) is 104 Å². The SMILES string of the molecule is CC(C)(C)c1cc(N2[CH-]N(c3[c-]c(Oc4[c-]c5c(c(-c6cccc(-c7ccccc7)c6)c4)c4ccccc4n5-c4cc(C(C)(C)C)ccn4)ccc3)c3ccccc32)cc(C(C)(C)C)c1.[Pt]. The number of ether oxygens (including phenoxy) is 1. The van der Waals surface area contributed by atoms with E-state index in [1.807, 2.05) is 18.3 Å². The van der Waals surface area contributed by atoms with Gasteiger partial charge < -0.3 is 19.1 Å². The first-order valence-electron chi connectivity index (χ1n) is 22.6. The van der Waals surface area contributed by atoms with Gasteiger partial charge in [0.1, 0.15) is 5.82 Å². The van der Waals surface area contributed by atoms with Crippen LogP contribution in [-0.4, -0.2) is 9.55 Å². The Balaban J connectivity index is 0.00000548. The van der Waals surface area contributed by atoms with Crippen LogP contribution in [0.25, 0.3) is 49.9 Å². The third-order valence-electron chi connectivity index (χ3n) is 12.6. The van der Waals surface area contributed by atoms with E-state index in [1.54, 1.807) is 0 Å². The number of fused-ring (bicyclic) bond motifs is 4. The van der Waals surface area contributed by atoms with E-state index in [2.05, 4.69) is 241 Å². The Kier molecular flexibility index (Phi) is 11.6. The second-order valence-corrected chi connectivity index (χ2v) is 20.3. The molecule has 0 bridgehead atoms. The molecule has 5 nitrogen and oxygen atoms in total. The number of nitrogens with zero attached hydrogens (tertiary/aromatic N) is 4. The third kappa shape index (κ3) is 8.46. The Morgan fingerprint density at radius 3 is 1.85 bits per heavy atom. The molecule has 3 heterocycles. The maximum atomic E-state index is 6.94. The van der Waals surface area contributed by atoms with Crippen molar-refractivity contribution in [2.24, 2.45) is 0 Å². The summed E-state index contributed by atoms with van der Waals surface area (Å²) in [5.74, 6) is 2.01. The van der Waals surface area contributed by atoms with Crippen molar-refractivity contribution < 1.29 is 25.8 Å². The van der Waals surface area contributed by atoms with Gasteiger partial charge in [0.2, 0.25) is 0 Å². The van der Waals surface area contributed by atoms with Gasteiger partial charge in [0.15, 0.2) is 0 Å². The first-order chi connectivity index (χ1) is 31.1. The number of hydrogen-bond donors (Lipinski definition) is 0. The maximum Gasteiger partial charge on any atom is 0.135 e. The molecular weight excluding hydrogens is 988 g/mol. The van der Waals surface area contributed by atoms with Crippen LogP contribution in [0.2, 0.25) is 0 Å². The fraction of sp³-hybridized carbons (Fsp3) is 0.200. The summed E-state index contributed by atoms with van der Waals surface area (Å²) in [4.78, 5) is 9.50. The Morgan fingerprint density at radius 2 is 1.14 bits per heavy atom. The zero-order valence-electron chi connectivity index (χ0n) is 39.2. The molecule has 0 amide bonds. The first-order valence-corrected chi connectivity index (χ1v) is 22.6. The first kappa shape index (κ1) is 44.8. The largest absolute Gasteiger partial charge is 0.509 e. The van der Waals surface area contributed by atoms with Crippen LogP contribution in [0.1, 0.15) is 79.0 Å². The summed E-state index contributed by atoms with van der Waals surface area (Å²) in [6, 6.07) is 63.5. The summed E-state index contributed by atoms with van der Waals surface area (Å²) < 4.78 is 9.17. The van der Waals surface area contributed by atoms with E-state index in [1.165, 1.54) is 16.7 Å². The van der Waals surface area contributed by atoms with Crippen LogP contribution >= 0.6 is 0 Å². The Morgan fingerprint density at radius 1 is 0.515 bits per heavy atom. The van der Waals surface area contributed by atoms with Crippen LogP contribution in [0.15, 0.2) is 164 Å². The van der Waals surface area contributed by atoms with E-state index in [4.69, 9.17) is 9.72 Å². The van der Waals surface area contributed by atoms with Gasteiger partial charge in [-0.3, -0.25) is 0 Å². The quantitative estimate of drug-likeness (QED) is 0.149. The van der Waals surface area contributed by atoms with Gasteiger partial charge in [-0.15, -0.1) is 48.3 Å². The van der Waals surface area contributed by atoms with Crippen LogP contribution in [-0.2, 0) is 37.3 Å². The van der Waals surface area contributed by atoms with Crippen LogP contribution in [0.4, 0.5) is 22.7 Å². The molecule has 0 aliphatic carbocycles. The van der Waals surface area contributed by atoms with E-state index in [0.29, 0.717) is 11.5 Å². The molecule has 1 aliphatic rings. The van der Waals surface area contributed by atoms with Crippen LogP contribution in [0.3, 0.4) is 0 Å². The molecule has 6 heteroatoms. The van der Waals surface area contributed by atoms with Crippen molar-refractivity contribution in [2.75, 3.05) is 9.80 Å². The second-order valence-electron chi connectivity index (χ2n) is 20.3. The van der Waals surface area contributed by atoms with E-state index in [-0.39, 0.29) is 37.3 Å². The van der Waals surface area contributed by atoms with Gasteiger partial charge in [-0.1, -0.05) is 158 Å². The second kappa shape index (κ2) is 17.1. The minimum Gasteiger partial charge on any atom is -0.509 e. The molecule has 66 heavy (non-hydrogen) atoms. The molecule has 0 N–H and O–H groups in total. The molecular formula is C60H55N4OPt-3. The van der Waals surface area contributed by atoms with Crippen molar-refractivity contribution in [1.29, 1.82) is 0 Å². The molecule has 0 fully saturated rings.